The van der Waals surface area contributed by atoms with Crippen molar-refractivity contribution in [2.24, 2.45) is 34.0 Å². The second kappa shape index (κ2) is 5.10. The molecule has 140 valence electrons. The number of hydrogen-bond donors (Lipinski definition) is 0. The van der Waals surface area contributed by atoms with Crippen LogP contribution in [0.1, 0.15) is 78.6 Å². The molecule has 5 fully saturated rings. The SMILES string of the molecule is C[C@@]12CC[C@H]3[C@@H](CC[C@]4(C)C(=O)CC[C@@H]34)[C@]1(C)CCC1(C2)OCCO1. The Morgan fingerprint density at radius 3 is 2.40 bits per heavy atom. The van der Waals surface area contributed by atoms with Crippen LogP contribution >= 0.6 is 0 Å². The van der Waals surface area contributed by atoms with Gasteiger partial charge in [-0.25, -0.2) is 0 Å². The molecule has 0 radical (unpaired) electrons. The summed E-state index contributed by atoms with van der Waals surface area (Å²) in [7, 11) is 0. The van der Waals surface area contributed by atoms with Crippen LogP contribution in [0.2, 0.25) is 0 Å². The van der Waals surface area contributed by atoms with Crippen LogP contribution in [-0.4, -0.2) is 24.8 Å². The van der Waals surface area contributed by atoms with E-state index in [0.29, 0.717) is 22.5 Å². The molecule has 0 aromatic carbocycles. The van der Waals surface area contributed by atoms with Gasteiger partial charge in [-0.1, -0.05) is 20.8 Å². The molecule has 3 heteroatoms. The Morgan fingerprint density at radius 1 is 0.880 bits per heavy atom. The lowest BCUT2D eigenvalue weighted by Gasteiger charge is -2.65. The highest BCUT2D eigenvalue weighted by Crippen LogP contribution is 2.70. The second-order valence-corrected chi connectivity index (χ2v) is 10.6. The topological polar surface area (TPSA) is 35.5 Å². The lowest BCUT2D eigenvalue weighted by molar-refractivity contribution is -0.256. The Balaban J connectivity index is 1.46. The third-order valence-corrected chi connectivity index (χ3v) is 9.87. The van der Waals surface area contributed by atoms with Crippen molar-refractivity contribution in [3.05, 3.63) is 0 Å². The van der Waals surface area contributed by atoms with E-state index in [2.05, 4.69) is 20.8 Å². The monoisotopic (exact) mass is 346 g/mol. The van der Waals surface area contributed by atoms with E-state index in [4.69, 9.17) is 9.47 Å². The van der Waals surface area contributed by atoms with Crippen LogP contribution < -0.4 is 0 Å². The minimum atomic E-state index is -0.284. The molecule has 0 aromatic rings. The first kappa shape index (κ1) is 16.7. The maximum Gasteiger partial charge on any atom is 0.169 e. The van der Waals surface area contributed by atoms with Gasteiger partial charge in [-0.05, 0) is 67.1 Å². The zero-order valence-corrected chi connectivity index (χ0v) is 16.2. The highest BCUT2D eigenvalue weighted by atomic mass is 16.7. The van der Waals surface area contributed by atoms with Crippen LogP contribution in [-0.2, 0) is 14.3 Å². The fraction of sp³-hybridized carbons (Fsp3) is 0.955. The van der Waals surface area contributed by atoms with Crippen LogP contribution in [0.3, 0.4) is 0 Å². The van der Waals surface area contributed by atoms with E-state index in [0.717, 1.165) is 57.2 Å². The second-order valence-electron chi connectivity index (χ2n) is 10.6. The predicted octanol–water partition coefficient (Wildman–Crippen LogP) is 4.73. The van der Waals surface area contributed by atoms with E-state index >= 15 is 0 Å². The van der Waals surface area contributed by atoms with E-state index in [1.807, 2.05) is 0 Å². The smallest absolute Gasteiger partial charge is 0.169 e. The molecule has 0 amide bonds. The first-order chi connectivity index (χ1) is 11.8. The van der Waals surface area contributed by atoms with Gasteiger partial charge in [0.05, 0.1) is 13.2 Å². The van der Waals surface area contributed by atoms with Gasteiger partial charge in [-0.15, -0.1) is 0 Å². The summed E-state index contributed by atoms with van der Waals surface area (Å²) in [4.78, 5) is 12.6. The average molecular weight is 347 g/mol. The molecule has 4 aliphatic carbocycles. The summed E-state index contributed by atoms with van der Waals surface area (Å²) in [6.07, 6.45) is 10.3. The molecule has 0 N–H and O–H groups in total. The Morgan fingerprint density at radius 2 is 1.64 bits per heavy atom. The standard InChI is InChI=1S/C22H34O3/c1-19-8-6-15-16-4-5-18(23)20(16,2)9-7-17(15)21(19,3)10-11-22(14-19)24-12-13-25-22/h15-17H,4-14H2,1-3H3/t15-,16+,17-,19+,20+,21+/m1/s1. The maximum atomic E-state index is 12.6. The van der Waals surface area contributed by atoms with Crippen LogP contribution in [0.15, 0.2) is 0 Å². The zero-order valence-electron chi connectivity index (χ0n) is 16.2. The average Bonchev–Trinajstić information content (AvgIpc) is 3.14. The van der Waals surface area contributed by atoms with Gasteiger partial charge in [0.25, 0.3) is 0 Å². The molecule has 1 heterocycles. The summed E-state index contributed by atoms with van der Waals surface area (Å²) in [5.41, 5.74) is 0.690. The summed E-state index contributed by atoms with van der Waals surface area (Å²) in [6, 6.07) is 0. The van der Waals surface area contributed by atoms with Crippen molar-refractivity contribution >= 4 is 5.78 Å². The van der Waals surface area contributed by atoms with Crippen molar-refractivity contribution in [1.82, 2.24) is 0 Å². The number of carbonyl (C=O) groups is 1. The minimum Gasteiger partial charge on any atom is -0.348 e. The minimum absolute atomic E-state index is 0.00116. The third-order valence-electron chi connectivity index (χ3n) is 9.87. The van der Waals surface area contributed by atoms with E-state index in [9.17, 15) is 4.79 Å². The van der Waals surface area contributed by atoms with E-state index in [1.165, 1.54) is 25.7 Å². The lowest BCUT2D eigenvalue weighted by atomic mass is 9.40. The molecule has 5 aliphatic rings. The molecule has 1 spiro atoms. The quantitative estimate of drug-likeness (QED) is 0.636. The predicted molar refractivity (Wildman–Crippen MR) is 96.0 cm³/mol. The van der Waals surface area contributed by atoms with Gasteiger partial charge in [0, 0.05) is 24.7 Å². The van der Waals surface area contributed by atoms with Gasteiger partial charge >= 0.3 is 0 Å². The van der Waals surface area contributed by atoms with E-state index in [1.54, 1.807) is 0 Å². The van der Waals surface area contributed by atoms with Crippen LogP contribution in [0.4, 0.5) is 0 Å². The Kier molecular flexibility index (Phi) is 3.41. The Hall–Kier alpha value is -0.410. The van der Waals surface area contributed by atoms with Gasteiger partial charge in [0.1, 0.15) is 5.78 Å². The largest absolute Gasteiger partial charge is 0.348 e. The number of Topliss-reactive ketones (excluding diaryl/α,β-unsaturated/α-hetero) is 1. The highest BCUT2D eigenvalue weighted by molar-refractivity contribution is 5.87. The normalized spacial score (nSPS) is 54.2. The molecule has 1 saturated heterocycles. The van der Waals surface area contributed by atoms with Gasteiger partial charge in [-0.3, -0.25) is 4.79 Å². The van der Waals surface area contributed by atoms with Gasteiger partial charge in [-0.2, -0.15) is 0 Å². The number of hydrogen-bond acceptors (Lipinski definition) is 3. The fourth-order valence-corrected chi connectivity index (χ4v) is 8.12. The molecule has 0 bridgehead atoms. The first-order valence-corrected chi connectivity index (χ1v) is 10.6. The highest BCUT2D eigenvalue weighted by Gasteiger charge is 2.65. The number of ketones is 1. The van der Waals surface area contributed by atoms with Crippen LogP contribution in [0.5, 0.6) is 0 Å². The summed E-state index contributed by atoms with van der Waals surface area (Å²) in [5.74, 6) is 2.48. The van der Waals surface area contributed by atoms with Gasteiger partial charge < -0.3 is 9.47 Å². The molecule has 4 saturated carbocycles. The van der Waals surface area contributed by atoms with Crippen LogP contribution in [0.25, 0.3) is 0 Å². The van der Waals surface area contributed by atoms with Crippen molar-refractivity contribution in [3.63, 3.8) is 0 Å². The Bertz CT molecular complexity index is 594. The van der Waals surface area contributed by atoms with Crippen molar-refractivity contribution in [1.29, 1.82) is 0 Å². The molecule has 0 aromatic heterocycles. The molecule has 3 nitrogen and oxygen atoms in total. The molecular formula is C22H34O3. The summed E-state index contributed by atoms with van der Waals surface area (Å²) >= 11 is 0. The Labute approximate surface area is 152 Å². The summed E-state index contributed by atoms with van der Waals surface area (Å²) in [5, 5.41) is 0. The maximum absolute atomic E-state index is 12.6. The number of ether oxygens (including phenoxy) is 2. The van der Waals surface area contributed by atoms with E-state index in [-0.39, 0.29) is 11.2 Å². The van der Waals surface area contributed by atoms with Crippen molar-refractivity contribution < 1.29 is 14.3 Å². The van der Waals surface area contributed by atoms with Gasteiger partial charge in [0.15, 0.2) is 5.79 Å². The fourth-order valence-electron chi connectivity index (χ4n) is 8.12. The molecule has 5 rings (SSSR count). The van der Waals surface area contributed by atoms with Crippen molar-refractivity contribution in [2.75, 3.05) is 13.2 Å². The first-order valence-electron chi connectivity index (χ1n) is 10.6. The van der Waals surface area contributed by atoms with E-state index < -0.39 is 0 Å². The lowest BCUT2D eigenvalue weighted by Crippen LogP contribution is -2.60. The molecule has 0 unspecified atom stereocenters. The molecule has 6 atom stereocenters. The molecule has 1 aliphatic heterocycles. The molecule has 25 heavy (non-hydrogen) atoms. The van der Waals surface area contributed by atoms with Crippen molar-refractivity contribution in [3.8, 4) is 0 Å². The summed E-state index contributed by atoms with van der Waals surface area (Å²) < 4.78 is 12.2. The van der Waals surface area contributed by atoms with Crippen LogP contribution in [0, 0.1) is 34.0 Å². The van der Waals surface area contributed by atoms with Crippen molar-refractivity contribution in [2.45, 2.75) is 84.3 Å². The molecular weight excluding hydrogens is 312 g/mol. The summed E-state index contributed by atoms with van der Waals surface area (Å²) in [6.45, 7) is 8.91. The number of fused-ring (bicyclic) bond motifs is 5. The number of carbonyl (C=O) groups excluding carboxylic acids is 1. The number of rotatable bonds is 0. The zero-order chi connectivity index (χ0) is 17.5. The third kappa shape index (κ3) is 2.03. The van der Waals surface area contributed by atoms with Gasteiger partial charge in [0.2, 0.25) is 0 Å².